The smallest absolute Gasteiger partial charge is 0.277 e. The van der Waals surface area contributed by atoms with Gasteiger partial charge in [0.25, 0.3) is 5.91 Å². The number of amides is 1. The molecular weight excluding hydrogens is 372 g/mol. The third-order valence-electron chi connectivity index (χ3n) is 4.39. The van der Waals surface area contributed by atoms with Gasteiger partial charge in [-0.25, -0.2) is 5.43 Å². The molecule has 4 aromatic carbocycles. The van der Waals surface area contributed by atoms with Gasteiger partial charge in [0.15, 0.2) is 6.61 Å². The van der Waals surface area contributed by atoms with Crippen molar-refractivity contribution < 1.29 is 9.53 Å². The van der Waals surface area contributed by atoms with E-state index in [2.05, 4.69) is 28.7 Å². The Balaban J connectivity index is 1.53. The number of fused-ring (bicyclic) bond motifs is 2. The number of para-hydroxylation sites is 1. The Morgan fingerprint density at radius 1 is 0.929 bits per heavy atom. The standard InChI is InChI=1S/C23H17ClN2O2/c24-21-11-5-6-12-22(21)28-15-23(27)26-25-14-20-18-9-3-1-7-16(18)13-17-8-2-4-10-19(17)20/h1-14H,15H2,(H,26,27). The lowest BCUT2D eigenvalue weighted by Gasteiger charge is -2.08. The lowest BCUT2D eigenvalue weighted by atomic mass is 9.97. The van der Waals surface area contributed by atoms with Crippen LogP contribution >= 0.6 is 11.6 Å². The van der Waals surface area contributed by atoms with Crippen molar-refractivity contribution in [1.82, 2.24) is 5.43 Å². The van der Waals surface area contributed by atoms with E-state index in [9.17, 15) is 4.79 Å². The zero-order valence-corrected chi connectivity index (χ0v) is 15.7. The molecule has 0 spiro atoms. The van der Waals surface area contributed by atoms with Gasteiger partial charge in [0.1, 0.15) is 5.75 Å². The van der Waals surface area contributed by atoms with Crippen molar-refractivity contribution in [3.63, 3.8) is 0 Å². The SMILES string of the molecule is O=C(COc1ccccc1Cl)NN=Cc1c2ccccc2cc2ccccc12. The van der Waals surface area contributed by atoms with Gasteiger partial charge in [-0.1, -0.05) is 72.3 Å². The molecule has 138 valence electrons. The van der Waals surface area contributed by atoms with Crippen LogP contribution in [-0.2, 0) is 4.79 Å². The predicted molar refractivity (Wildman–Crippen MR) is 114 cm³/mol. The quantitative estimate of drug-likeness (QED) is 0.291. The first-order chi connectivity index (χ1) is 13.7. The number of carbonyl (C=O) groups excluding carboxylic acids is 1. The fourth-order valence-corrected chi connectivity index (χ4v) is 3.28. The summed E-state index contributed by atoms with van der Waals surface area (Å²) in [6.45, 7) is -0.169. The molecule has 0 aromatic heterocycles. The maximum atomic E-state index is 12.1. The minimum absolute atomic E-state index is 0.169. The van der Waals surface area contributed by atoms with Crippen LogP contribution in [-0.4, -0.2) is 18.7 Å². The van der Waals surface area contributed by atoms with Crippen LogP contribution in [0.25, 0.3) is 21.5 Å². The average Bonchev–Trinajstić information content (AvgIpc) is 2.72. The van der Waals surface area contributed by atoms with E-state index >= 15 is 0 Å². The monoisotopic (exact) mass is 388 g/mol. The topological polar surface area (TPSA) is 50.7 Å². The summed E-state index contributed by atoms with van der Waals surface area (Å²) in [4.78, 5) is 12.1. The number of nitrogens with one attached hydrogen (secondary N) is 1. The second-order valence-corrected chi connectivity index (χ2v) is 6.65. The molecule has 0 aliphatic carbocycles. The van der Waals surface area contributed by atoms with Crippen LogP contribution < -0.4 is 10.2 Å². The molecule has 4 aromatic rings. The van der Waals surface area contributed by atoms with Crippen LogP contribution in [0.5, 0.6) is 5.75 Å². The molecule has 0 bridgehead atoms. The van der Waals surface area contributed by atoms with E-state index in [1.54, 1.807) is 30.5 Å². The summed E-state index contributed by atoms with van der Waals surface area (Å²) in [5, 5.41) is 8.99. The molecule has 1 amide bonds. The molecule has 0 saturated heterocycles. The van der Waals surface area contributed by atoms with Crippen molar-refractivity contribution >= 4 is 45.3 Å². The highest BCUT2D eigenvalue weighted by Gasteiger charge is 2.07. The third kappa shape index (κ3) is 3.82. The summed E-state index contributed by atoms with van der Waals surface area (Å²) in [6.07, 6.45) is 1.68. The molecule has 0 saturated carbocycles. The second-order valence-electron chi connectivity index (χ2n) is 6.24. The van der Waals surface area contributed by atoms with E-state index in [0.717, 1.165) is 27.1 Å². The zero-order valence-electron chi connectivity index (χ0n) is 14.9. The van der Waals surface area contributed by atoms with Gasteiger partial charge < -0.3 is 4.74 Å². The number of nitrogens with zero attached hydrogens (tertiary/aromatic N) is 1. The highest BCUT2D eigenvalue weighted by Crippen LogP contribution is 2.27. The first kappa shape index (κ1) is 18.0. The summed E-state index contributed by atoms with van der Waals surface area (Å²) in [7, 11) is 0. The fourth-order valence-electron chi connectivity index (χ4n) is 3.09. The zero-order chi connectivity index (χ0) is 19.3. The second kappa shape index (κ2) is 8.11. The summed E-state index contributed by atoms with van der Waals surface area (Å²) in [6, 6.07) is 25.4. The van der Waals surface area contributed by atoms with Gasteiger partial charge in [0, 0.05) is 5.56 Å². The van der Waals surface area contributed by atoms with Crippen LogP contribution in [0.4, 0.5) is 0 Å². The third-order valence-corrected chi connectivity index (χ3v) is 4.70. The first-order valence-electron chi connectivity index (χ1n) is 8.82. The number of hydrogen-bond acceptors (Lipinski definition) is 3. The number of halogens is 1. The van der Waals surface area contributed by atoms with E-state index in [0.29, 0.717) is 10.8 Å². The first-order valence-corrected chi connectivity index (χ1v) is 9.20. The van der Waals surface area contributed by atoms with E-state index in [1.165, 1.54) is 0 Å². The van der Waals surface area contributed by atoms with Crippen LogP contribution in [0, 0.1) is 0 Å². The van der Waals surface area contributed by atoms with Crippen LogP contribution in [0.15, 0.2) is 84.0 Å². The van der Waals surface area contributed by atoms with Crippen molar-refractivity contribution in [3.8, 4) is 5.75 Å². The van der Waals surface area contributed by atoms with E-state index in [4.69, 9.17) is 16.3 Å². The highest BCUT2D eigenvalue weighted by atomic mass is 35.5. The molecular formula is C23H17ClN2O2. The number of rotatable bonds is 5. The Bertz CT molecular complexity index is 1130. The van der Waals surface area contributed by atoms with Gasteiger partial charge in [-0.05, 0) is 39.7 Å². The number of carbonyl (C=O) groups is 1. The minimum atomic E-state index is -0.360. The fraction of sp³-hybridized carbons (Fsp3) is 0.0435. The average molecular weight is 389 g/mol. The summed E-state index contributed by atoms with van der Waals surface area (Å²) >= 11 is 6.02. The van der Waals surface area contributed by atoms with Crippen LogP contribution in [0.1, 0.15) is 5.56 Å². The number of hydrazone groups is 1. The van der Waals surface area contributed by atoms with Crippen LogP contribution in [0.2, 0.25) is 5.02 Å². The summed E-state index contributed by atoms with van der Waals surface area (Å²) in [5.74, 6) is 0.101. The Hall–Kier alpha value is -3.37. The molecule has 0 atom stereocenters. The van der Waals surface area contributed by atoms with Gasteiger partial charge in [-0.3, -0.25) is 4.79 Å². The molecule has 5 heteroatoms. The lowest BCUT2D eigenvalue weighted by Crippen LogP contribution is -2.24. The molecule has 4 nitrogen and oxygen atoms in total. The van der Waals surface area contributed by atoms with Gasteiger partial charge in [0.2, 0.25) is 0 Å². The van der Waals surface area contributed by atoms with E-state index < -0.39 is 0 Å². The number of ether oxygens (including phenoxy) is 1. The molecule has 0 unspecified atom stereocenters. The molecule has 0 aliphatic rings. The number of benzene rings is 4. The summed E-state index contributed by atoms with van der Waals surface area (Å²) in [5.41, 5.74) is 3.47. The van der Waals surface area contributed by atoms with Gasteiger partial charge in [-0.2, -0.15) is 5.10 Å². The Kier molecular flexibility index (Phi) is 5.22. The maximum absolute atomic E-state index is 12.1. The Morgan fingerprint density at radius 2 is 1.54 bits per heavy atom. The summed E-state index contributed by atoms with van der Waals surface area (Å²) < 4.78 is 5.42. The molecule has 0 fully saturated rings. The lowest BCUT2D eigenvalue weighted by molar-refractivity contribution is -0.123. The van der Waals surface area contributed by atoms with Crippen molar-refractivity contribution in [1.29, 1.82) is 0 Å². The van der Waals surface area contributed by atoms with Crippen molar-refractivity contribution in [2.75, 3.05) is 6.61 Å². The van der Waals surface area contributed by atoms with Crippen molar-refractivity contribution in [2.24, 2.45) is 5.10 Å². The van der Waals surface area contributed by atoms with Gasteiger partial charge in [0.05, 0.1) is 11.2 Å². The molecule has 0 aliphatic heterocycles. The molecule has 1 N–H and O–H groups in total. The Morgan fingerprint density at radius 3 is 2.21 bits per heavy atom. The van der Waals surface area contributed by atoms with E-state index in [1.807, 2.05) is 36.4 Å². The maximum Gasteiger partial charge on any atom is 0.277 e. The normalized spacial score (nSPS) is 11.2. The number of hydrogen-bond donors (Lipinski definition) is 1. The van der Waals surface area contributed by atoms with Gasteiger partial charge >= 0.3 is 0 Å². The molecule has 28 heavy (non-hydrogen) atoms. The minimum Gasteiger partial charge on any atom is -0.482 e. The predicted octanol–water partition coefficient (Wildman–Crippen LogP) is 5.18. The van der Waals surface area contributed by atoms with Gasteiger partial charge in [-0.15, -0.1) is 0 Å². The Labute approximate surface area is 167 Å². The molecule has 4 rings (SSSR count). The van der Waals surface area contributed by atoms with E-state index in [-0.39, 0.29) is 12.5 Å². The highest BCUT2D eigenvalue weighted by molar-refractivity contribution is 6.32. The molecule has 0 heterocycles. The van der Waals surface area contributed by atoms with Crippen LogP contribution in [0.3, 0.4) is 0 Å². The van der Waals surface area contributed by atoms with Crippen molar-refractivity contribution in [3.05, 3.63) is 89.4 Å². The van der Waals surface area contributed by atoms with Crippen molar-refractivity contribution in [2.45, 2.75) is 0 Å². The molecule has 0 radical (unpaired) electrons. The largest absolute Gasteiger partial charge is 0.482 e.